The maximum absolute atomic E-state index is 11.1. The highest BCUT2D eigenvalue weighted by Gasteiger charge is 2.28. The number of methoxy groups -OCH3 is 1. The molecule has 1 fully saturated rings. The lowest BCUT2D eigenvalue weighted by atomic mass is 10.2. The first kappa shape index (κ1) is 10.9. The van der Waals surface area contributed by atoms with Gasteiger partial charge in [0, 0.05) is 13.7 Å². The maximum Gasteiger partial charge on any atom is 0.324 e. The fourth-order valence-corrected chi connectivity index (χ4v) is 1.24. The molecule has 1 rings (SSSR count). The second kappa shape index (κ2) is 4.92. The monoisotopic (exact) mass is 202 g/mol. The molecule has 0 aromatic carbocycles. The van der Waals surface area contributed by atoms with E-state index in [2.05, 4.69) is 5.32 Å². The third-order valence-electron chi connectivity index (χ3n) is 1.98. The Labute approximate surface area is 81.8 Å². The molecule has 1 unspecified atom stereocenters. The van der Waals surface area contributed by atoms with Crippen LogP contribution in [0.25, 0.3) is 0 Å². The number of imide groups is 1. The number of aliphatic hydroxyl groups is 1. The predicted octanol–water partition coefficient (Wildman–Crippen LogP) is -1.06. The number of nitrogens with one attached hydrogen (secondary N) is 1. The van der Waals surface area contributed by atoms with Gasteiger partial charge in [0.15, 0.2) is 0 Å². The van der Waals surface area contributed by atoms with Gasteiger partial charge < -0.3 is 15.2 Å². The molecule has 1 aliphatic rings. The number of hydrogen-bond acceptors (Lipinski definition) is 4. The van der Waals surface area contributed by atoms with E-state index < -0.39 is 6.10 Å². The molecule has 0 radical (unpaired) electrons. The molecule has 0 spiro atoms. The van der Waals surface area contributed by atoms with E-state index in [0.29, 0.717) is 6.42 Å². The summed E-state index contributed by atoms with van der Waals surface area (Å²) in [5, 5.41) is 11.7. The highest BCUT2D eigenvalue weighted by Crippen LogP contribution is 2.02. The van der Waals surface area contributed by atoms with E-state index in [4.69, 9.17) is 4.74 Å². The molecule has 2 N–H and O–H groups in total. The predicted molar refractivity (Wildman–Crippen MR) is 47.6 cm³/mol. The van der Waals surface area contributed by atoms with Gasteiger partial charge in [0.2, 0.25) is 5.91 Å². The van der Waals surface area contributed by atoms with Crippen molar-refractivity contribution in [3.8, 4) is 0 Å². The quantitative estimate of drug-likeness (QED) is 0.557. The van der Waals surface area contributed by atoms with Crippen LogP contribution in [0.5, 0.6) is 0 Å². The van der Waals surface area contributed by atoms with Crippen molar-refractivity contribution < 1.29 is 19.4 Å². The molecular weight excluding hydrogens is 188 g/mol. The molecule has 3 amide bonds. The van der Waals surface area contributed by atoms with E-state index in [1.54, 1.807) is 0 Å². The number of aliphatic hydroxyl groups excluding tert-OH is 1. The summed E-state index contributed by atoms with van der Waals surface area (Å²) in [5.74, 6) is -0.250. The van der Waals surface area contributed by atoms with Crippen molar-refractivity contribution >= 4 is 11.9 Å². The fourth-order valence-electron chi connectivity index (χ4n) is 1.24. The van der Waals surface area contributed by atoms with Crippen LogP contribution in [0.4, 0.5) is 4.79 Å². The summed E-state index contributed by atoms with van der Waals surface area (Å²) in [4.78, 5) is 23.2. The van der Waals surface area contributed by atoms with Gasteiger partial charge in [-0.2, -0.15) is 0 Å². The molecule has 0 bridgehead atoms. The molecule has 1 atom stereocenters. The molecule has 6 nitrogen and oxygen atoms in total. The number of rotatable bonds is 5. The van der Waals surface area contributed by atoms with Gasteiger partial charge in [-0.25, -0.2) is 4.79 Å². The zero-order chi connectivity index (χ0) is 10.6. The number of ether oxygens (including phenoxy) is 1. The lowest BCUT2D eigenvalue weighted by molar-refractivity contribution is -0.125. The Balaban J connectivity index is 2.30. The second-order valence-corrected chi connectivity index (χ2v) is 3.10. The first-order valence-electron chi connectivity index (χ1n) is 4.40. The third-order valence-corrected chi connectivity index (χ3v) is 1.98. The van der Waals surface area contributed by atoms with E-state index in [1.807, 2.05) is 0 Å². The van der Waals surface area contributed by atoms with Gasteiger partial charge >= 0.3 is 6.03 Å². The van der Waals surface area contributed by atoms with E-state index >= 15 is 0 Å². The van der Waals surface area contributed by atoms with Crippen molar-refractivity contribution in [3.63, 3.8) is 0 Å². The Morgan fingerprint density at radius 3 is 2.86 bits per heavy atom. The SMILES string of the molecule is COCC(O)CCN1C(=O)CNC1=O. The van der Waals surface area contributed by atoms with Crippen molar-refractivity contribution in [1.82, 2.24) is 10.2 Å². The van der Waals surface area contributed by atoms with Crippen molar-refractivity contribution in [2.75, 3.05) is 26.8 Å². The smallest absolute Gasteiger partial charge is 0.324 e. The van der Waals surface area contributed by atoms with Crippen LogP contribution < -0.4 is 5.32 Å². The summed E-state index contributed by atoms with van der Waals surface area (Å²) in [7, 11) is 1.48. The van der Waals surface area contributed by atoms with Crippen molar-refractivity contribution in [2.24, 2.45) is 0 Å². The Morgan fingerprint density at radius 1 is 1.64 bits per heavy atom. The van der Waals surface area contributed by atoms with Gasteiger partial charge in [-0.05, 0) is 6.42 Å². The number of urea groups is 1. The van der Waals surface area contributed by atoms with Crippen LogP contribution >= 0.6 is 0 Å². The van der Waals surface area contributed by atoms with Crippen LogP contribution in [0, 0.1) is 0 Å². The summed E-state index contributed by atoms with van der Waals surface area (Å²) in [6, 6.07) is -0.389. The van der Waals surface area contributed by atoms with E-state index in [9.17, 15) is 14.7 Å². The normalized spacial score (nSPS) is 18.6. The van der Waals surface area contributed by atoms with Crippen LogP contribution in [0.3, 0.4) is 0 Å². The summed E-state index contributed by atoms with van der Waals surface area (Å²) >= 11 is 0. The summed E-state index contributed by atoms with van der Waals surface area (Å²) in [6.07, 6.45) is -0.298. The molecule has 14 heavy (non-hydrogen) atoms. The third kappa shape index (κ3) is 2.68. The van der Waals surface area contributed by atoms with Crippen LogP contribution in [0.1, 0.15) is 6.42 Å². The fraction of sp³-hybridized carbons (Fsp3) is 0.750. The minimum atomic E-state index is -0.638. The number of amides is 3. The lowest BCUT2D eigenvalue weighted by Gasteiger charge is -2.14. The van der Waals surface area contributed by atoms with Crippen LogP contribution in [0.15, 0.2) is 0 Å². The number of carbonyl (C=O) groups is 2. The molecular formula is C8H14N2O4. The number of carbonyl (C=O) groups excluding carboxylic acids is 2. The number of nitrogens with zero attached hydrogens (tertiary/aromatic N) is 1. The lowest BCUT2D eigenvalue weighted by Crippen LogP contribution is -2.34. The molecule has 0 saturated carbocycles. The van der Waals surface area contributed by atoms with E-state index in [0.717, 1.165) is 4.90 Å². The van der Waals surface area contributed by atoms with Gasteiger partial charge in [-0.3, -0.25) is 9.69 Å². The topological polar surface area (TPSA) is 78.9 Å². The zero-order valence-electron chi connectivity index (χ0n) is 8.02. The Morgan fingerprint density at radius 2 is 2.36 bits per heavy atom. The average molecular weight is 202 g/mol. The van der Waals surface area contributed by atoms with Gasteiger partial charge in [0.1, 0.15) is 0 Å². The van der Waals surface area contributed by atoms with Gasteiger partial charge in [-0.15, -0.1) is 0 Å². The summed E-state index contributed by atoms with van der Waals surface area (Å²) in [6.45, 7) is 0.498. The van der Waals surface area contributed by atoms with Crippen LogP contribution in [-0.4, -0.2) is 54.9 Å². The maximum atomic E-state index is 11.1. The average Bonchev–Trinajstić information content (AvgIpc) is 2.44. The minimum Gasteiger partial charge on any atom is -0.391 e. The second-order valence-electron chi connectivity index (χ2n) is 3.10. The standard InChI is InChI=1S/C8H14N2O4/c1-14-5-6(11)2-3-10-7(12)4-9-8(10)13/h6,11H,2-5H2,1H3,(H,9,13). The Bertz CT molecular complexity index is 215. The first-order chi connectivity index (χ1) is 6.65. The molecule has 0 aliphatic carbocycles. The molecule has 0 aromatic heterocycles. The number of hydrogen-bond donors (Lipinski definition) is 2. The molecule has 1 saturated heterocycles. The molecule has 1 aliphatic heterocycles. The molecule has 0 aromatic rings. The Hall–Kier alpha value is -1.14. The highest BCUT2D eigenvalue weighted by molar-refractivity contribution is 6.01. The molecule has 1 heterocycles. The van der Waals surface area contributed by atoms with Gasteiger partial charge in [0.05, 0.1) is 19.3 Å². The van der Waals surface area contributed by atoms with Crippen molar-refractivity contribution in [1.29, 1.82) is 0 Å². The van der Waals surface area contributed by atoms with Crippen LogP contribution in [0.2, 0.25) is 0 Å². The Kier molecular flexibility index (Phi) is 3.84. The first-order valence-corrected chi connectivity index (χ1v) is 4.40. The summed E-state index contributed by atoms with van der Waals surface area (Å²) < 4.78 is 4.72. The minimum absolute atomic E-state index is 0.0548. The molecule has 80 valence electrons. The summed E-state index contributed by atoms with van der Waals surface area (Å²) in [5.41, 5.74) is 0. The highest BCUT2D eigenvalue weighted by atomic mass is 16.5. The van der Waals surface area contributed by atoms with E-state index in [1.165, 1.54) is 7.11 Å². The van der Waals surface area contributed by atoms with Gasteiger partial charge in [-0.1, -0.05) is 0 Å². The van der Waals surface area contributed by atoms with E-state index in [-0.39, 0.29) is 31.6 Å². The van der Waals surface area contributed by atoms with Crippen LogP contribution in [-0.2, 0) is 9.53 Å². The molecule has 6 heteroatoms. The van der Waals surface area contributed by atoms with Crippen molar-refractivity contribution in [2.45, 2.75) is 12.5 Å². The largest absolute Gasteiger partial charge is 0.391 e. The van der Waals surface area contributed by atoms with Gasteiger partial charge in [0.25, 0.3) is 0 Å². The zero-order valence-corrected chi connectivity index (χ0v) is 8.02. The van der Waals surface area contributed by atoms with Crippen molar-refractivity contribution in [3.05, 3.63) is 0 Å².